The molecule has 0 bridgehead atoms. The Hall–Kier alpha value is -1.41. The topological polar surface area (TPSA) is 17.1 Å². The Bertz CT molecular complexity index is 683. The molecule has 1 aromatic rings. The summed E-state index contributed by atoms with van der Waals surface area (Å²) in [5.41, 5.74) is 3.60. The summed E-state index contributed by atoms with van der Waals surface area (Å²) in [5, 5.41) is 0. The number of allylic oxidation sites excluding steroid dienone is 5. The normalized spacial score (nSPS) is 16.1. The van der Waals surface area contributed by atoms with Crippen molar-refractivity contribution in [3.8, 4) is 0 Å². The highest BCUT2D eigenvalue weighted by Gasteiger charge is 2.33. The predicted molar refractivity (Wildman–Crippen MR) is 102 cm³/mol. The lowest BCUT2D eigenvalue weighted by atomic mass is 9.72. The molecule has 0 saturated heterocycles. The zero-order valence-corrected chi connectivity index (χ0v) is 16.4. The van der Waals surface area contributed by atoms with Crippen molar-refractivity contribution in [2.45, 2.75) is 41.5 Å². The molecule has 0 radical (unpaired) electrons. The minimum atomic E-state index is -0.172. The number of benzene rings is 1. The lowest BCUT2D eigenvalue weighted by Crippen LogP contribution is -2.27. The molecule has 0 fully saturated rings. The van der Waals surface area contributed by atoms with Gasteiger partial charge in [0.2, 0.25) is 0 Å². The van der Waals surface area contributed by atoms with Gasteiger partial charge in [-0.15, -0.1) is 0 Å². The van der Waals surface area contributed by atoms with Crippen LogP contribution in [0.15, 0.2) is 57.6 Å². The van der Waals surface area contributed by atoms with Crippen molar-refractivity contribution >= 4 is 27.8 Å². The van der Waals surface area contributed by atoms with E-state index in [1.807, 2.05) is 30.4 Å². The van der Waals surface area contributed by atoms with E-state index in [9.17, 15) is 4.79 Å². The molecule has 23 heavy (non-hydrogen) atoms. The predicted octanol–water partition coefficient (Wildman–Crippen LogP) is 6.36. The summed E-state index contributed by atoms with van der Waals surface area (Å²) in [4.78, 5) is 12.9. The number of Topliss-reactive ketones (excluding diaryl/α,β-unsaturated/α-hetero) is 1. The van der Waals surface area contributed by atoms with E-state index in [4.69, 9.17) is 0 Å². The Kier molecular flexibility index (Phi) is 4.86. The molecule has 122 valence electrons. The van der Waals surface area contributed by atoms with E-state index in [0.29, 0.717) is 0 Å². The van der Waals surface area contributed by atoms with Crippen LogP contribution in [0, 0.1) is 10.8 Å². The number of rotatable bonds is 1. The SMILES string of the molecule is CC(C)(C)C1=CC(=Cc2ccccc2Br)C=C(C(C)(C)C)C1=O. The Labute approximate surface area is 148 Å². The largest absolute Gasteiger partial charge is 0.289 e. The maximum absolute atomic E-state index is 12.9. The van der Waals surface area contributed by atoms with Gasteiger partial charge in [-0.05, 0) is 46.3 Å². The lowest BCUT2D eigenvalue weighted by molar-refractivity contribution is -0.114. The quantitative estimate of drug-likeness (QED) is 0.560. The average molecular weight is 373 g/mol. The first-order valence-electron chi connectivity index (χ1n) is 7.95. The Morgan fingerprint density at radius 3 is 1.78 bits per heavy atom. The van der Waals surface area contributed by atoms with Crippen LogP contribution in [0.3, 0.4) is 0 Å². The molecule has 0 unspecified atom stereocenters. The third-order valence-corrected chi connectivity index (χ3v) is 4.68. The highest BCUT2D eigenvalue weighted by Crippen LogP contribution is 2.39. The van der Waals surface area contributed by atoms with Gasteiger partial charge in [0, 0.05) is 15.6 Å². The average Bonchev–Trinajstić information content (AvgIpc) is 2.40. The summed E-state index contributed by atoms with van der Waals surface area (Å²) < 4.78 is 1.06. The maximum atomic E-state index is 12.9. The number of halogens is 1. The minimum absolute atomic E-state index is 0.172. The van der Waals surface area contributed by atoms with Gasteiger partial charge in [0.15, 0.2) is 5.78 Å². The van der Waals surface area contributed by atoms with E-state index in [2.05, 4.69) is 69.6 Å². The number of ketones is 1. The van der Waals surface area contributed by atoms with Crippen LogP contribution >= 0.6 is 15.9 Å². The highest BCUT2D eigenvalue weighted by atomic mass is 79.9. The molecule has 0 N–H and O–H groups in total. The zero-order chi connectivity index (χ0) is 17.4. The van der Waals surface area contributed by atoms with E-state index >= 15 is 0 Å². The van der Waals surface area contributed by atoms with Crippen molar-refractivity contribution in [3.05, 3.63) is 63.2 Å². The molecule has 0 saturated carbocycles. The van der Waals surface area contributed by atoms with Crippen LogP contribution in [-0.4, -0.2) is 5.78 Å². The van der Waals surface area contributed by atoms with Gasteiger partial charge in [0.25, 0.3) is 0 Å². The highest BCUT2D eigenvalue weighted by molar-refractivity contribution is 9.10. The van der Waals surface area contributed by atoms with Crippen LogP contribution in [0.25, 0.3) is 6.08 Å². The Morgan fingerprint density at radius 1 is 0.870 bits per heavy atom. The first-order chi connectivity index (χ1) is 10.5. The van der Waals surface area contributed by atoms with Crippen LogP contribution in [-0.2, 0) is 4.79 Å². The van der Waals surface area contributed by atoms with Crippen molar-refractivity contribution in [2.24, 2.45) is 10.8 Å². The van der Waals surface area contributed by atoms with E-state index in [1.165, 1.54) is 0 Å². The monoisotopic (exact) mass is 372 g/mol. The molecule has 0 heterocycles. The van der Waals surface area contributed by atoms with Gasteiger partial charge in [-0.1, -0.05) is 75.7 Å². The molecule has 0 aliphatic heterocycles. The number of hydrogen-bond donors (Lipinski definition) is 0. The van der Waals surface area contributed by atoms with Gasteiger partial charge in [0.1, 0.15) is 0 Å². The van der Waals surface area contributed by atoms with Gasteiger partial charge >= 0.3 is 0 Å². The molecule has 1 aliphatic rings. The molecule has 1 aliphatic carbocycles. The van der Waals surface area contributed by atoms with E-state index in [0.717, 1.165) is 26.8 Å². The molecule has 1 nitrogen and oxygen atoms in total. The summed E-state index contributed by atoms with van der Waals surface area (Å²) in [6, 6.07) is 8.13. The molecule has 0 atom stereocenters. The summed E-state index contributed by atoms with van der Waals surface area (Å²) in [5.74, 6) is 0.175. The van der Waals surface area contributed by atoms with Crippen molar-refractivity contribution in [1.29, 1.82) is 0 Å². The number of hydrogen-bond acceptors (Lipinski definition) is 1. The van der Waals surface area contributed by atoms with Gasteiger partial charge < -0.3 is 0 Å². The molecular formula is C21H25BrO. The van der Waals surface area contributed by atoms with Crippen molar-refractivity contribution < 1.29 is 4.79 Å². The van der Waals surface area contributed by atoms with Crippen LogP contribution < -0.4 is 0 Å². The molecular weight excluding hydrogens is 348 g/mol. The first kappa shape index (κ1) is 17.9. The van der Waals surface area contributed by atoms with Crippen LogP contribution in [0.1, 0.15) is 47.1 Å². The summed E-state index contributed by atoms with van der Waals surface area (Å²) >= 11 is 3.59. The molecule has 2 rings (SSSR count). The second-order valence-corrected chi connectivity index (χ2v) is 8.97. The van der Waals surface area contributed by atoms with Gasteiger partial charge in [0.05, 0.1) is 0 Å². The van der Waals surface area contributed by atoms with E-state index in [-0.39, 0.29) is 16.6 Å². The standard InChI is InChI=1S/C21H25BrO/c1-20(2,3)16-12-14(11-15-9-7-8-10-18(15)22)13-17(19(16)23)21(4,5)6/h7-13H,1-6H3. The smallest absolute Gasteiger partial charge is 0.186 e. The van der Waals surface area contributed by atoms with Crippen LogP contribution in [0.4, 0.5) is 0 Å². The summed E-state index contributed by atoms with van der Waals surface area (Å²) in [7, 11) is 0. The van der Waals surface area contributed by atoms with Crippen LogP contribution in [0.2, 0.25) is 0 Å². The third kappa shape index (κ3) is 4.11. The lowest BCUT2D eigenvalue weighted by Gasteiger charge is -2.31. The number of carbonyl (C=O) groups is 1. The fraction of sp³-hybridized carbons (Fsp3) is 0.381. The second-order valence-electron chi connectivity index (χ2n) is 8.11. The Morgan fingerprint density at radius 2 is 1.35 bits per heavy atom. The van der Waals surface area contributed by atoms with Crippen molar-refractivity contribution in [2.75, 3.05) is 0 Å². The third-order valence-electron chi connectivity index (χ3n) is 3.95. The van der Waals surface area contributed by atoms with Gasteiger partial charge in [-0.25, -0.2) is 0 Å². The molecule has 2 heteroatoms. The minimum Gasteiger partial charge on any atom is -0.289 e. The van der Waals surface area contributed by atoms with E-state index in [1.54, 1.807) is 0 Å². The number of carbonyl (C=O) groups excluding carboxylic acids is 1. The second kappa shape index (κ2) is 6.24. The molecule has 0 amide bonds. The Balaban J connectivity index is 2.61. The molecule has 1 aromatic carbocycles. The molecule has 0 aromatic heterocycles. The fourth-order valence-corrected chi connectivity index (χ4v) is 3.02. The van der Waals surface area contributed by atoms with Gasteiger partial charge in [-0.2, -0.15) is 0 Å². The molecule has 0 spiro atoms. The van der Waals surface area contributed by atoms with Crippen molar-refractivity contribution in [1.82, 2.24) is 0 Å². The maximum Gasteiger partial charge on any atom is 0.186 e. The van der Waals surface area contributed by atoms with Gasteiger partial charge in [-0.3, -0.25) is 4.79 Å². The summed E-state index contributed by atoms with van der Waals surface area (Å²) in [6.07, 6.45) is 6.21. The van der Waals surface area contributed by atoms with E-state index < -0.39 is 0 Å². The zero-order valence-electron chi connectivity index (χ0n) is 14.8. The summed E-state index contributed by atoms with van der Waals surface area (Å²) in [6.45, 7) is 12.6. The van der Waals surface area contributed by atoms with Crippen molar-refractivity contribution in [3.63, 3.8) is 0 Å². The van der Waals surface area contributed by atoms with Crippen LogP contribution in [0.5, 0.6) is 0 Å². The first-order valence-corrected chi connectivity index (χ1v) is 8.75. The fourth-order valence-electron chi connectivity index (χ4n) is 2.62.